The molecule has 0 bridgehead atoms. The van der Waals surface area contributed by atoms with Gasteiger partial charge in [-0.25, -0.2) is 22.4 Å². The molecule has 1 aromatic carbocycles. The van der Waals surface area contributed by atoms with Crippen molar-refractivity contribution in [2.75, 3.05) is 39.0 Å². The molecule has 2 N–H and O–H groups in total. The molecule has 2 aliphatic heterocycles. The summed E-state index contributed by atoms with van der Waals surface area (Å²) in [5, 5.41) is 9.35. The van der Waals surface area contributed by atoms with Crippen molar-refractivity contribution < 1.29 is 27.2 Å². The van der Waals surface area contributed by atoms with Crippen LogP contribution in [0.25, 0.3) is 0 Å². The third kappa shape index (κ3) is 5.69. The smallest absolute Gasteiger partial charge is 0.322 e. The predicted octanol–water partition coefficient (Wildman–Crippen LogP) is 3.46. The molecule has 3 amide bonds. The van der Waals surface area contributed by atoms with Gasteiger partial charge in [0.25, 0.3) is 12.3 Å². The van der Waals surface area contributed by atoms with Gasteiger partial charge in [-0.15, -0.1) is 0 Å². The molecule has 2 aliphatic rings. The zero-order chi connectivity index (χ0) is 25.0. The highest BCUT2D eigenvalue weighted by molar-refractivity contribution is 9.10. The van der Waals surface area contributed by atoms with E-state index in [0.29, 0.717) is 31.7 Å². The molecule has 186 valence electrons. The lowest BCUT2D eigenvalue weighted by atomic mass is 10.0. The van der Waals surface area contributed by atoms with Crippen molar-refractivity contribution >= 4 is 33.6 Å². The quantitative estimate of drug-likeness (QED) is 0.454. The van der Waals surface area contributed by atoms with E-state index in [1.54, 1.807) is 16.6 Å². The number of aryl methyl sites for hydroxylation is 1. The van der Waals surface area contributed by atoms with Crippen LogP contribution in [0, 0.1) is 11.6 Å². The molecule has 0 aliphatic carbocycles. The topological polar surface area (TPSA) is 82.5 Å². The minimum atomic E-state index is -2.21. The fraction of sp³-hybridized carbons (Fsp3) is 0.476. The molecule has 4 rings (SSSR count). The number of nitrogens with one attached hydrogen (secondary N) is 2. The molecule has 0 atom stereocenters. The predicted molar refractivity (Wildman–Crippen MR) is 121 cm³/mol. The van der Waals surface area contributed by atoms with Gasteiger partial charge in [-0.3, -0.25) is 9.48 Å². The summed E-state index contributed by atoms with van der Waals surface area (Å²) in [4.78, 5) is 28.5. The van der Waals surface area contributed by atoms with Crippen LogP contribution in [-0.2, 0) is 19.5 Å². The van der Waals surface area contributed by atoms with Gasteiger partial charge < -0.3 is 20.4 Å². The Hall–Kier alpha value is -2.67. The van der Waals surface area contributed by atoms with Crippen molar-refractivity contribution in [1.82, 2.24) is 24.9 Å². The first-order valence-corrected chi connectivity index (χ1v) is 11.4. The Morgan fingerprint density at radius 1 is 1.24 bits per heavy atom. The second-order valence-electron chi connectivity index (χ2n) is 7.85. The number of amides is 3. The highest BCUT2D eigenvalue weighted by atomic mass is 79.9. The number of carbonyl (C=O) groups is 2. The summed E-state index contributed by atoms with van der Waals surface area (Å²) >= 11 is 2.82. The summed E-state index contributed by atoms with van der Waals surface area (Å²) in [6.07, 6.45) is -0.886. The first kappa shape index (κ1) is 25.9. The lowest BCUT2D eigenvalue weighted by Crippen LogP contribution is -2.39. The summed E-state index contributed by atoms with van der Waals surface area (Å²) in [5.41, 5.74) is 1.95. The van der Waals surface area contributed by atoms with Crippen LogP contribution in [0.4, 0.5) is 28.0 Å². The van der Waals surface area contributed by atoms with Gasteiger partial charge in [0, 0.05) is 38.7 Å². The number of aromatic nitrogens is 2. The number of hydrogen-bond donors (Lipinski definition) is 2. The zero-order valence-electron chi connectivity index (χ0n) is 18.7. The number of fused-ring (bicyclic) bond motifs is 3. The lowest BCUT2D eigenvalue weighted by Gasteiger charge is -2.27. The van der Waals surface area contributed by atoms with Crippen LogP contribution in [0.15, 0.2) is 16.6 Å². The Morgan fingerprint density at radius 2 is 1.97 bits per heavy atom. The molecular weight excluding hydrogens is 524 g/mol. The minimum absolute atomic E-state index is 0.109. The molecule has 2 aromatic rings. The number of urea groups is 1. The SMILES string of the molecule is CN1CCCn2nc3c(c2C1=O)CN(C(=O)Nc1ccc(F)c(Br)c1F)CC3.CNCC(F)F. The molecule has 0 saturated carbocycles. The van der Waals surface area contributed by atoms with Gasteiger partial charge in [0.1, 0.15) is 11.5 Å². The van der Waals surface area contributed by atoms with Crippen molar-refractivity contribution in [2.24, 2.45) is 0 Å². The van der Waals surface area contributed by atoms with Gasteiger partial charge in [0.15, 0.2) is 5.82 Å². The van der Waals surface area contributed by atoms with Crippen LogP contribution in [0.1, 0.15) is 28.2 Å². The summed E-state index contributed by atoms with van der Waals surface area (Å²) in [7, 11) is 3.24. The van der Waals surface area contributed by atoms with E-state index in [0.717, 1.165) is 23.7 Å². The van der Waals surface area contributed by atoms with E-state index >= 15 is 0 Å². The van der Waals surface area contributed by atoms with Crippen molar-refractivity contribution in [3.63, 3.8) is 0 Å². The highest BCUT2D eigenvalue weighted by Crippen LogP contribution is 2.28. The van der Waals surface area contributed by atoms with Crippen LogP contribution in [-0.4, -0.2) is 71.7 Å². The molecule has 34 heavy (non-hydrogen) atoms. The fourth-order valence-corrected chi connectivity index (χ4v) is 4.06. The number of rotatable bonds is 3. The standard InChI is InChI=1S/C18H18BrF2N5O2.C3H7F2N/c1-24-6-2-7-26-16(17(24)27)10-9-25(8-5-12(10)23-26)18(28)22-13-4-3-11(20)14(19)15(13)21;1-6-2-3(4)5/h3-4H,2,5-9H2,1H3,(H,22,28);3,6H,2H2,1H3. The number of anilines is 1. The summed E-state index contributed by atoms with van der Waals surface area (Å²) < 4.78 is 50.9. The van der Waals surface area contributed by atoms with Crippen molar-refractivity contribution in [3.8, 4) is 0 Å². The third-order valence-electron chi connectivity index (χ3n) is 5.44. The van der Waals surface area contributed by atoms with E-state index in [1.807, 2.05) is 0 Å². The minimum Gasteiger partial charge on any atom is -0.340 e. The number of halogens is 5. The molecule has 3 heterocycles. The largest absolute Gasteiger partial charge is 0.340 e. The van der Waals surface area contributed by atoms with Crippen LogP contribution in [0.3, 0.4) is 0 Å². The molecule has 13 heteroatoms. The molecule has 0 radical (unpaired) electrons. The van der Waals surface area contributed by atoms with E-state index in [9.17, 15) is 27.2 Å². The van der Waals surface area contributed by atoms with Crippen LogP contribution in [0.2, 0.25) is 0 Å². The first-order chi connectivity index (χ1) is 16.1. The number of carbonyl (C=O) groups excluding carboxylic acids is 2. The number of nitrogens with zero attached hydrogens (tertiary/aromatic N) is 4. The average Bonchev–Trinajstić information content (AvgIpc) is 3.09. The molecule has 1 aromatic heterocycles. The van der Waals surface area contributed by atoms with E-state index in [4.69, 9.17) is 0 Å². The zero-order valence-corrected chi connectivity index (χ0v) is 20.3. The third-order valence-corrected chi connectivity index (χ3v) is 6.16. The van der Waals surface area contributed by atoms with Gasteiger partial charge in [0.2, 0.25) is 0 Å². The van der Waals surface area contributed by atoms with E-state index in [-0.39, 0.29) is 29.2 Å². The van der Waals surface area contributed by atoms with Crippen LogP contribution >= 0.6 is 15.9 Å². The normalized spacial score (nSPS) is 15.4. The Morgan fingerprint density at radius 3 is 2.62 bits per heavy atom. The van der Waals surface area contributed by atoms with Gasteiger partial charge in [-0.05, 0) is 41.5 Å². The number of hydrogen-bond acceptors (Lipinski definition) is 4. The first-order valence-electron chi connectivity index (χ1n) is 10.6. The Balaban J connectivity index is 0.000000481. The maximum Gasteiger partial charge on any atom is 0.322 e. The summed E-state index contributed by atoms with van der Waals surface area (Å²) in [6.45, 7) is 1.70. The van der Waals surface area contributed by atoms with Crippen LogP contribution in [0.5, 0.6) is 0 Å². The molecule has 0 saturated heterocycles. The molecule has 0 fully saturated rings. The second-order valence-corrected chi connectivity index (χ2v) is 8.64. The van der Waals surface area contributed by atoms with E-state index in [1.165, 1.54) is 18.0 Å². The van der Waals surface area contributed by atoms with Gasteiger partial charge in [0.05, 0.1) is 28.9 Å². The Kier molecular flexibility index (Phi) is 8.52. The van der Waals surface area contributed by atoms with E-state index < -0.39 is 24.1 Å². The van der Waals surface area contributed by atoms with Gasteiger partial charge >= 0.3 is 6.03 Å². The number of alkyl halides is 2. The summed E-state index contributed by atoms with van der Waals surface area (Å²) in [5.74, 6) is -1.73. The van der Waals surface area contributed by atoms with Gasteiger partial charge in [-0.2, -0.15) is 5.10 Å². The van der Waals surface area contributed by atoms with Crippen molar-refractivity contribution in [3.05, 3.63) is 45.2 Å². The maximum atomic E-state index is 14.2. The molecule has 0 spiro atoms. The second kappa shape index (κ2) is 11.2. The van der Waals surface area contributed by atoms with Crippen LogP contribution < -0.4 is 10.6 Å². The molecular formula is C21H25BrF4N6O2. The number of benzene rings is 1. The molecule has 8 nitrogen and oxygen atoms in total. The highest BCUT2D eigenvalue weighted by Gasteiger charge is 2.32. The molecule has 0 unspecified atom stereocenters. The van der Waals surface area contributed by atoms with Crippen molar-refractivity contribution in [1.29, 1.82) is 0 Å². The fourth-order valence-electron chi connectivity index (χ4n) is 3.71. The monoisotopic (exact) mass is 548 g/mol. The Bertz CT molecular complexity index is 1060. The average molecular weight is 549 g/mol. The maximum absolute atomic E-state index is 14.2. The van der Waals surface area contributed by atoms with Gasteiger partial charge in [-0.1, -0.05) is 0 Å². The van der Waals surface area contributed by atoms with Crippen molar-refractivity contribution in [2.45, 2.75) is 32.4 Å². The lowest BCUT2D eigenvalue weighted by molar-refractivity contribution is 0.0793. The Labute approximate surface area is 202 Å². The van der Waals surface area contributed by atoms with E-state index in [2.05, 4.69) is 31.7 Å². The summed E-state index contributed by atoms with van der Waals surface area (Å²) in [6, 6.07) is 1.73.